The molecule has 0 spiro atoms. The Bertz CT molecular complexity index is 2340. The molecule has 0 aromatic heterocycles. The molecule has 2 aliphatic carbocycles. The maximum atomic E-state index is 5.64. The van der Waals surface area contributed by atoms with Crippen molar-refractivity contribution < 1.29 is 0 Å². The fourth-order valence-electron chi connectivity index (χ4n) is 7.62. The van der Waals surface area contributed by atoms with Gasteiger partial charge < -0.3 is 0 Å². The van der Waals surface area contributed by atoms with Gasteiger partial charge in [0.25, 0.3) is 0 Å². The van der Waals surface area contributed by atoms with E-state index in [9.17, 15) is 0 Å². The lowest BCUT2D eigenvalue weighted by Gasteiger charge is -2.20. The lowest BCUT2D eigenvalue weighted by Crippen LogP contribution is -2.12. The number of fused-ring (bicyclic) bond motifs is 4. The standard InChI is InChI=1S/C47H36N2.C2H6/c1-4-12-32-20-22-39(28-36(32)18-9-1)44-27-26-41(34-14-5-2-6-15-34)42-25-24-38-30-46(47(42)49-44)48-45(31-43(38)35-16-7-3-8-17-35)40-23-21-33-13-10-11-19-37(33)29-40;1-2/h2-25,28-31,41,46H,1,26-27H2;1-2H3. The second-order valence-corrected chi connectivity index (χ2v) is 13.2. The van der Waals surface area contributed by atoms with E-state index in [2.05, 4.69) is 170 Å². The predicted octanol–water partition coefficient (Wildman–Crippen LogP) is 12.4. The van der Waals surface area contributed by atoms with Crippen molar-refractivity contribution in [3.63, 3.8) is 0 Å². The Kier molecular flexibility index (Phi) is 9.23. The van der Waals surface area contributed by atoms with Crippen molar-refractivity contribution in [2.24, 2.45) is 9.98 Å². The van der Waals surface area contributed by atoms with Crippen LogP contribution in [0.5, 0.6) is 0 Å². The molecule has 2 heterocycles. The normalized spacial score (nSPS) is 19.1. The first-order valence-electron chi connectivity index (χ1n) is 18.4. The van der Waals surface area contributed by atoms with Crippen LogP contribution in [0.15, 0.2) is 185 Å². The van der Waals surface area contributed by atoms with E-state index in [1.165, 1.54) is 55.3 Å². The van der Waals surface area contributed by atoms with Gasteiger partial charge in [-0.1, -0.05) is 159 Å². The van der Waals surface area contributed by atoms with Crippen LogP contribution < -0.4 is 0 Å². The number of benzene rings is 5. The van der Waals surface area contributed by atoms with Crippen molar-refractivity contribution >= 4 is 39.9 Å². The molecule has 0 saturated carbocycles. The second kappa shape index (κ2) is 14.5. The molecular weight excluding hydrogens is 617 g/mol. The van der Waals surface area contributed by atoms with Gasteiger partial charge in [0, 0.05) is 17.2 Å². The minimum absolute atomic E-state index is 0.204. The molecule has 0 fully saturated rings. The van der Waals surface area contributed by atoms with Crippen LogP contribution in [0.25, 0.3) is 28.5 Å². The van der Waals surface area contributed by atoms with Crippen LogP contribution in [0.2, 0.25) is 0 Å². The molecule has 2 atom stereocenters. The van der Waals surface area contributed by atoms with Crippen molar-refractivity contribution in [1.29, 1.82) is 0 Å². The lowest BCUT2D eigenvalue weighted by atomic mass is 9.84. The molecular formula is C49H42N2. The first-order valence-corrected chi connectivity index (χ1v) is 18.4. The van der Waals surface area contributed by atoms with E-state index in [0.29, 0.717) is 0 Å². The fourth-order valence-corrected chi connectivity index (χ4v) is 7.62. The van der Waals surface area contributed by atoms with E-state index in [1.807, 2.05) is 13.8 Å². The minimum Gasteiger partial charge on any atom is -0.271 e. The van der Waals surface area contributed by atoms with Crippen LogP contribution in [-0.4, -0.2) is 17.5 Å². The summed E-state index contributed by atoms with van der Waals surface area (Å²) in [6, 6.07) is 43.5. The van der Waals surface area contributed by atoms with Crippen LogP contribution >= 0.6 is 0 Å². The molecule has 0 radical (unpaired) electrons. The summed E-state index contributed by atoms with van der Waals surface area (Å²) in [7, 11) is 0. The molecule has 0 N–H and O–H groups in total. The Morgan fingerprint density at radius 2 is 1.33 bits per heavy atom. The number of rotatable bonds is 4. The van der Waals surface area contributed by atoms with Gasteiger partial charge in [-0.25, -0.2) is 0 Å². The van der Waals surface area contributed by atoms with Gasteiger partial charge in [0.2, 0.25) is 0 Å². The van der Waals surface area contributed by atoms with Crippen molar-refractivity contribution in [3.05, 3.63) is 208 Å². The third-order valence-electron chi connectivity index (χ3n) is 10.1. The van der Waals surface area contributed by atoms with Crippen LogP contribution in [0.1, 0.15) is 72.4 Å². The summed E-state index contributed by atoms with van der Waals surface area (Å²) in [6.07, 6.45) is 21.0. The first-order chi connectivity index (χ1) is 25.3. The predicted molar refractivity (Wildman–Crippen MR) is 218 cm³/mol. The summed E-state index contributed by atoms with van der Waals surface area (Å²) >= 11 is 0. The van der Waals surface area contributed by atoms with Gasteiger partial charge in [-0.2, -0.15) is 0 Å². The maximum absolute atomic E-state index is 5.64. The third-order valence-corrected chi connectivity index (χ3v) is 10.1. The summed E-state index contributed by atoms with van der Waals surface area (Å²) in [5.41, 5.74) is 14.1. The summed E-state index contributed by atoms with van der Waals surface area (Å²) < 4.78 is 0. The quantitative estimate of drug-likeness (QED) is 0.184. The number of aliphatic imine (C=N–C) groups is 2. The summed E-state index contributed by atoms with van der Waals surface area (Å²) in [4.78, 5) is 11.3. The van der Waals surface area contributed by atoms with Crippen LogP contribution in [0, 0.1) is 0 Å². The minimum atomic E-state index is -0.248. The van der Waals surface area contributed by atoms with Gasteiger partial charge in [0.05, 0.1) is 11.4 Å². The van der Waals surface area contributed by atoms with Crippen molar-refractivity contribution in [1.82, 2.24) is 0 Å². The van der Waals surface area contributed by atoms with E-state index < -0.39 is 0 Å². The molecule has 0 saturated heterocycles. The zero-order valence-corrected chi connectivity index (χ0v) is 29.3. The van der Waals surface area contributed by atoms with E-state index in [1.54, 1.807) is 0 Å². The molecule has 2 bridgehead atoms. The Labute approximate surface area is 302 Å². The summed E-state index contributed by atoms with van der Waals surface area (Å²) in [5, 5.41) is 2.44. The molecule has 51 heavy (non-hydrogen) atoms. The van der Waals surface area contributed by atoms with Crippen LogP contribution in [0.3, 0.4) is 0 Å². The van der Waals surface area contributed by atoms with Gasteiger partial charge in [-0.15, -0.1) is 0 Å². The highest BCUT2D eigenvalue weighted by molar-refractivity contribution is 6.16. The van der Waals surface area contributed by atoms with Crippen LogP contribution in [-0.2, 0) is 0 Å². The van der Waals surface area contributed by atoms with Gasteiger partial charge in [-0.05, 0) is 98.9 Å². The van der Waals surface area contributed by atoms with Crippen molar-refractivity contribution in [2.75, 3.05) is 0 Å². The molecule has 2 nitrogen and oxygen atoms in total. The highest BCUT2D eigenvalue weighted by atomic mass is 14.9. The van der Waals surface area contributed by atoms with Gasteiger partial charge >= 0.3 is 0 Å². The number of nitrogens with zero attached hydrogens (tertiary/aromatic N) is 2. The van der Waals surface area contributed by atoms with Gasteiger partial charge in [-0.3, -0.25) is 9.98 Å². The molecule has 5 aromatic carbocycles. The molecule has 248 valence electrons. The second-order valence-electron chi connectivity index (χ2n) is 13.2. The Morgan fingerprint density at radius 1 is 0.608 bits per heavy atom. The molecule has 2 aliphatic heterocycles. The average Bonchev–Trinajstić information content (AvgIpc) is 3.70. The molecule has 0 amide bonds. The molecule has 4 aliphatic rings. The largest absolute Gasteiger partial charge is 0.271 e. The van der Waals surface area contributed by atoms with E-state index in [-0.39, 0.29) is 12.0 Å². The smallest absolute Gasteiger partial charge is 0.112 e. The van der Waals surface area contributed by atoms with Crippen molar-refractivity contribution in [2.45, 2.75) is 45.1 Å². The monoisotopic (exact) mass is 658 g/mol. The van der Waals surface area contributed by atoms with E-state index >= 15 is 0 Å². The Balaban J connectivity index is 0.00000184. The zero-order valence-electron chi connectivity index (χ0n) is 29.3. The van der Waals surface area contributed by atoms with E-state index in [4.69, 9.17) is 9.98 Å². The maximum Gasteiger partial charge on any atom is 0.112 e. The third kappa shape index (κ3) is 6.58. The summed E-state index contributed by atoms with van der Waals surface area (Å²) in [5.74, 6) is 0.204. The Hall–Kier alpha value is -5.86. The highest BCUT2D eigenvalue weighted by Gasteiger charge is 2.30. The Morgan fingerprint density at radius 3 is 2.16 bits per heavy atom. The first kappa shape index (κ1) is 32.4. The topological polar surface area (TPSA) is 24.7 Å². The van der Waals surface area contributed by atoms with Gasteiger partial charge in [0.1, 0.15) is 6.04 Å². The molecule has 9 rings (SSSR count). The number of hydrogen-bond acceptors (Lipinski definition) is 2. The zero-order chi connectivity index (χ0) is 34.6. The van der Waals surface area contributed by atoms with Gasteiger partial charge in [0.15, 0.2) is 0 Å². The molecule has 2 unspecified atom stereocenters. The fraction of sp³-hybridized carbons (Fsp3) is 0.143. The SMILES string of the molecule is C1=Cc2ccc(C3=NC4=C(C=CC5=CC4N=C(c4ccc6ccccc6c4)C=C5c4ccccc4)C(c4ccccc4)CC3)cc2C=CC1.CC. The molecule has 2 heteroatoms. The van der Waals surface area contributed by atoms with Crippen LogP contribution in [0.4, 0.5) is 0 Å². The average molecular weight is 659 g/mol. The molecule has 5 aromatic rings. The number of hydrogen-bond donors (Lipinski definition) is 0. The van der Waals surface area contributed by atoms with E-state index in [0.717, 1.165) is 41.9 Å². The highest BCUT2D eigenvalue weighted by Crippen LogP contribution is 2.42. The lowest BCUT2D eigenvalue weighted by molar-refractivity contribution is 0.738. The number of allylic oxidation sites excluding steroid dienone is 8. The summed E-state index contributed by atoms with van der Waals surface area (Å²) in [6.45, 7) is 4.00. The van der Waals surface area contributed by atoms with Crippen molar-refractivity contribution in [3.8, 4) is 0 Å².